The first-order chi connectivity index (χ1) is 14.3. The highest BCUT2D eigenvalue weighted by Gasteiger charge is 2.60. The minimum absolute atomic E-state index is 0.00590. The van der Waals surface area contributed by atoms with Crippen molar-refractivity contribution in [1.82, 2.24) is 15.1 Å². The van der Waals surface area contributed by atoms with Crippen LogP contribution in [-0.4, -0.2) is 61.4 Å². The van der Waals surface area contributed by atoms with Crippen molar-refractivity contribution in [2.24, 2.45) is 11.3 Å². The summed E-state index contributed by atoms with van der Waals surface area (Å²) in [4.78, 5) is 30.6. The Morgan fingerprint density at radius 3 is 2.67 bits per heavy atom. The van der Waals surface area contributed by atoms with Crippen molar-refractivity contribution in [3.63, 3.8) is 0 Å². The van der Waals surface area contributed by atoms with Crippen molar-refractivity contribution in [2.75, 3.05) is 27.7 Å². The van der Waals surface area contributed by atoms with Gasteiger partial charge in [-0.3, -0.25) is 9.59 Å². The number of nitrogens with one attached hydrogen (secondary N) is 1. The van der Waals surface area contributed by atoms with Crippen molar-refractivity contribution in [3.8, 4) is 5.75 Å². The van der Waals surface area contributed by atoms with Crippen LogP contribution in [0.2, 0.25) is 0 Å². The first-order valence-corrected chi connectivity index (χ1v) is 11.1. The predicted octanol–water partition coefficient (Wildman–Crippen LogP) is 3.06. The van der Waals surface area contributed by atoms with Gasteiger partial charge in [0.15, 0.2) is 0 Å². The smallest absolute Gasteiger partial charge is 0.237 e. The van der Waals surface area contributed by atoms with E-state index in [1.165, 1.54) is 0 Å². The van der Waals surface area contributed by atoms with Crippen molar-refractivity contribution in [1.29, 1.82) is 0 Å². The van der Waals surface area contributed by atoms with E-state index in [0.29, 0.717) is 19.0 Å². The third-order valence-corrected chi connectivity index (χ3v) is 6.73. The molecular formula is C24H37N3O3. The molecule has 6 heteroatoms. The third-order valence-electron chi connectivity index (χ3n) is 6.73. The van der Waals surface area contributed by atoms with Crippen LogP contribution in [-0.2, 0) is 16.1 Å². The molecule has 0 unspecified atom stereocenters. The predicted molar refractivity (Wildman–Crippen MR) is 118 cm³/mol. The van der Waals surface area contributed by atoms with Gasteiger partial charge in [-0.2, -0.15) is 0 Å². The highest BCUT2D eigenvalue weighted by atomic mass is 16.5. The summed E-state index contributed by atoms with van der Waals surface area (Å²) in [5, 5.41) is 3.20. The summed E-state index contributed by atoms with van der Waals surface area (Å²) < 4.78 is 5.43. The Morgan fingerprint density at radius 2 is 2.00 bits per heavy atom. The fourth-order valence-electron chi connectivity index (χ4n) is 5.28. The van der Waals surface area contributed by atoms with E-state index in [-0.39, 0.29) is 23.9 Å². The molecule has 30 heavy (non-hydrogen) atoms. The second kappa shape index (κ2) is 9.38. The molecule has 2 heterocycles. The Balaban J connectivity index is 1.80. The van der Waals surface area contributed by atoms with Gasteiger partial charge in [-0.05, 0) is 58.2 Å². The zero-order valence-electron chi connectivity index (χ0n) is 19.1. The van der Waals surface area contributed by atoms with E-state index in [1.54, 1.807) is 7.11 Å². The maximum Gasteiger partial charge on any atom is 0.237 e. The number of hydrogen-bond donors (Lipinski definition) is 1. The van der Waals surface area contributed by atoms with Crippen molar-refractivity contribution >= 4 is 11.8 Å². The number of nitrogens with zero attached hydrogens (tertiary/aromatic N) is 2. The van der Waals surface area contributed by atoms with Crippen LogP contribution in [0.25, 0.3) is 0 Å². The fraction of sp³-hybridized carbons (Fsp3) is 0.667. The lowest BCUT2D eigenvalue weighted by molar-refractivity contribution is -0.137. The Kier molecular flexibility index (Phi) is 7.06. The minimum atomic E-state index is -0.489. The summed E-state index contributed by atoms with van der Waals surface area (Å²) in [6.45, 7) is 5.23. The Labute approximate surface area is 180 Å². The standard InChI is InChI=1S/C24H37N3O3/c1-17(2)12-13-24(23(29)25-15-18-8-6-7-9-20(18)30-5)14-19-10-11-21(24)27(19)22(28)16-26(3)4/h6-9,17,19,21H,10-16H2,1-5H3,(H,25,29)/t19-,21+,24+/m1/s1. The summed E-state index contributed by atoms with van der Waals surface area (Å²) >= 11 is 0. The molecule has 0 radical (unpaired) electrons. The van der Waals surface area contributed by atoms with E-state index in [1.807, 2.05) is 48.2 Å². The second-order valence-corrected chi connectivity index (χ2v) is 9.57. The molecule has 0 spiro atoms. The number of hydrogen-bond acceptors (Lipinski definition) is 4. The number of ether oxygens (including phenoxy) is 1. The lowest BCUT2D eigenvalue weighted by Gasteiger charge is -2.37. The van der Waals surface area contributed by atoms with Crippen LogP contribution in [0, 0.1) is 11.3 Å². The van der Waals surface area contributed by atoms with Crippen LogP contribution in [0.15, 0.2) is 24.3 Å². The number of carbonyl (C=O) groups excluding carboxylic acids is 2. The molecule has 1 N–H and O–H groups in total. The van der Waals surface area contributed by atoms with Crippen LogP contribution < -0.4 is 10.1 Å². The molecule has 2 aliphatic rings. The molecule has 6 nitrogen and oxygen atoms in total. The molecule has 2 saturated heterocycles. The Bertz CT molecular complexity index is 764. The quantitative estimate of drug-likeness (QED) is 0.673. The number of carbonyl (C=O) groups is 2. The average molecular weight is 416 g/mol. The Hall–Kier alpha value is -2.08. The lowest BCUT2D eigenvalue weighted by Crippen LogP contribution is -2.50. The topological polar surface area (TPSA) is 61.9 Å². The van der Waals surface area contributed by atoms with Crippen molar-refractivity contribution in [3.05, 3.63) is 29.8 Å². The maximum absolute atomic E-state index is 13.6. The third kappa shape index (κ3) is 4.48. The summed E-state index contributed by atoms with van der Waals surface area (Å²) in [6, 6.07) is 7.97. The molecule has 2 aliphatic heterocycles. The summed E-state index contributed by atoms with van der Waals surface area (Å²) in [7, 11) is 5.48. The number of fused-ring (bicyclic) bond motifs is 2. The van der Waals surface area contributed by atoms with Crippen LogP contribution in [0.1, 0.15) is 51.5 Å². The molecule has 2 amide bonds. The molecule has 1 aromatic rings. The van der Waals surface area contributed by atoms with Crippen LogP contribution in [0.4, 0.5) is 0 Å². The molecular weight excluding hydrogens is 378 g/mol. The molecule has 0 aliphatic carbocycles. The zero-order valence-corrected chi connectivity index (χ0v) is 19.1. The van der Waals surface area contributed by atoms with Gasteiger partial charge in [0.25, 0.3) is 0 Å². The van der Waals surface area contributed by atoms with Gasteiger partial charge in [0.1, 0.15) is 5.75 Å². The second-order valence-electron chi connectivity index (χ2n) is 9.57. The molecule has 3 atom stereocenters. The lowest BCUT2D eigenvalue weighted by atomic mass is 9.69. The molecule has 166 valence electrons. The monoisotopic (exact) mass is 415 g/mol. The maximum atomic E-state index is 13.6. The first-order valence-electron chi connectivity index (χ1n) is 11.1. The SMILES string of the molecule is COc1ccccc1CNC(=O)[C@@]1(CCC(C)C)C[C@H]2CC[C@@H]1N2C(=O)CN(C)C. The van der Waals surface area contributed by atoms with Gasteiger partial charge in [0, 0.05) is 24.2 Å². The normalized spacial score (nSPS) is 25.2. The van der Waals surface area contributed by atoms with Crippen molar-refractivity contribution < 1.29 is 14.3 Å². The average Bonchev–Trinajstić information content (AvgIpc) is 3.27. The largest absolute Gasteiger partial charge is 0.496 e. The molecule has 2 bridgehead atoms. The van der Waals surface area contributed by atoms with E-state index < -0.39 is 5.41 Å². The fourth-order valence-corrected chi connectivity index (χ4v) is 5.28. The van der Waals surface area contributed by atoms with Crippen LogP contribution in [0.3, 0.4) is 0 Å². The van der Waals surface area contributed by atoms with Crippen LogP contribution in [0.5, 0.6) is 5.75 Å². The van der Waals surface area contributed by atoms with E-state index in [4.69, 9.17) is 4.74 Å². The van der Waals surface area contributed by atoms with Gasteiger partial charge < -0.3 is 19.9 Å². The van der Waals surface area contributed by atoms with Crippen LogP contribution >= 0.6 is 0 Å². The molecule has 0 saturated carbocycles. The van der Waals surface area contributed by atoms with Gasteiger partial charge in [-0.15, -0.1) is 0 Å². The number of para-hydroxylation sites is 1. The summed E-state index contributed by atoms with van der Waals surface area (Å²) in [6.07, 6.45) is 4.52. The van der Waals surface area contributed by atoms with Gasteiger partial charge in [-0.1, -0.05) is 32.0 Å². The van der Waals surface area contributed by atoms with Gasteiger partial charge in [0.05, 0.1) is 19.1 Å². The minimum Gasteiger partial charge on any atom is -0.496 e. The van der Waals surface area contributed by atoms with E-state index in [0.717, 1.165) is 43.4 Å². The molecule has 3 rings (SSSR count). The highest BCUT2D eigenvalue weighted by Crippen LogP contribution is 2.53. The number of rotatable bonds is 9. The Morgan fingerprint density at radius 1 is 1.27 bits per heavy atom. The first kappa shape index (κ1) is 22.6. The van der Waals surface area contributed by atoms with Gasteiger partial charge in [-0.25, -0.2) is 0 Å². The molecule has 2 fully saturated rings. The molecule has 0 aromatic heterocycles. The van der Waals surface area contributed by atoms with Crippen molar-refractivity contribution in [2.45, 2.75) is 64.6 Å². The highest BCUT2D eigenvalue weighted by molar-refractivity contribution is 5.87. The number of methoxy groups -OCH3 is 1. The number of amides is 2. The van der Waals surface area contributed by atoms with E-state index in [9.17, 15) is 9.59 Å². The number of likely N-dealkylation sites (N-methyl/N-ethyl adjacent to an activating group) is 1. The number of benzene rings is 1. The molecule has 1 aromatic carbocycles. The summed E-state index contributed by atoms with van der Waals surface area (Å²) in [5.41, 5.74) is 0.480. The zero-order chi connectivity index (χ0) is 21.9. The van der Waals surface area contributed by atoms with E-state index in [2.05, 4.69) is 19.2 Å². The van der Waals surface area contributed by atoms with Gasteiger partial charge >= 0.3 is 0 Å². The summed E-state index contributed by atoms with van der Waals surface area (Å²) in [5.74, 6) is 1.54. The van der Waals surface area contributed by atoms with E-state index >= 15 is 0 Å². The van der Waals surface area contributed by atoms with Gasteiger partial charge in [0.2, 0.25) is 11.8 Å².